The van der Waals surface area contributed by atoms with Crippen LogP contribution in [0.4, 0.5) is 18.9 Å². The average molecular weight is 247 g/mol. The van der Waals surface area contributed by atoms with E-state index in [1.54, 1.807) is 0 Å². The maximum absolute atomic E-state index is 13.1. The van der Waals surface area contributed by atoms with Gasteiger partial charge in [-0.05, 0) is 12.1 Å². The number of rotatable bonds is 4. The van der Waals surface area contributed by atoms with Crippen molar-refractivity contribution in [2.75, 3.05) is 5.32 Å². The number of benzene rings is 1. The summed E-state index contributed by atoms with van der Waals surface area (Å²) in [6.07, 6.45) is -0.815. The molecule has 0 aliphatic heterocycles. The number of aliphatic carboxylic acids is 1. The van der Waals surface area contributed by atoms with Crippen molar-refractivity contribution in [1.82, 2.24) is 0 Å². The highest BCUT2D eigenvalue weighted by Gasteiger charge is 2.15. The second kappa shape index (κ2) is 5.33. The van der Waals surface area contributed by atoms with E-state index in [1.165, 1.54) is 0 Å². The van der Waals surface area contributed by atoms with E-state index < -0.39 is 41.4 Å². The predicted octanol–water partition coefficient (Wildman–Crippen LogP) is 1.91. The molecule has 0 saturated heterocycles. The van der Waals surface area contributed by atoms with E-state index in [0.29, 0.717) is 6.07 Å². The number of hydrogen-bond acceptors (Lipinski definition) is 2. The van der Waals surface area contributed by atoms with Gasteiger partial charge < -0.3 is 10.4 Å². The number of hydrogen-bond donors (Lipinski definition) is 2. The molecule has 0 aromatic heterocycles. The summed E-state index contributed by atoms with van der Waals surface area (Å²) in [4.78, 5) is 21.3. The molecular formula is C10H8F3NO3. The molecule has 0 aliphatic carbocycles. The van der Waals surface area contributed by atoms with Crippen molar-refractivity contribution < 1.29 is 27.9 Å². The Bertz CT molecular complexity index is 462. The van der Waals surface area contributed by atoms with Gasteiger partial charge in [-0.2, -0.15) is 0 Å². The fraction of sp³-hybridized carbons (Fsp3) is 0.200. The Morgan fingerprint density at radius 1 is 1.12 bits per heavy atom. The molecular weight excluding hydrogens is 239 g/mol. The molecule has 0 radical (unpaired) electrons. The van der Waals surface area contributed by atoms with Crippen molar-refractivity contribution in [2.24, 2.45) is 0 Å². The van der Waals surface area contributed by atoms with Gasteiger partial charge in [0.15, 0.2) is 17.5 Å². The van der Waals surface area contributed by atoms with Crippen LogP contribution in [0.1, 0.15) is 12.8 Å². The summed E-state index contributed by atoms with van der Waals surface area (Å²) in [7, 11) is 0. The molecule has 2 N–H and O–H groups in total. The Morgan fingerprint density at radius 2 is 1.76 bits per heavy atom. The summed E-state index contributed by atoms with van der Waals surface area (Å²) in [6.45, 7) is 0. The maximum atomic E-state index is 13.1. The van der Waals surface area contributed by atoms with Crippen molar-refractivity contribution in [1.29, 1.82) is 0 Å². The van der Waals surface area contributed by atoms with Gasteiger partial charge in [-0.25, -0.2) is 13.2 Å². The SMILES string of the molecule is O=C(O)CCC(=O)Nc1ccc(F)c(F)c1F. The standard InChI is InChI=1S/C10H8F3NO3/c11-5-1-2-6(10(13)9(5)12)14-7(15)3-4-8(16)17/h1-2H,3-4H2,(H,14,15)(H,16,17). The summed E-state index contributed by atoms with van der Waals surface area (Å²) >= 11 is 0. The van der Waals surface area contributed by atoms with E-state index in [0.717, 1.165) is 6.07 Å². The van der Waals surface area contributed by atoms with Gasteiger partial charge in [-0.3, -0.25) is 9.59 Å². The van der Waals surface area contributed by atoms with Crippen LogP contribution in [0.25, 0.3) is 0 Å². The highest BCUT2D eigenvalue weighted by Crippen LogP contribution is 2.19. The molecule has 1 aromatic carbocycles. The van der Waals surface area contributed by atoms with Gasteiger partial charge in [0.1, 0.15) is 0 Å². The largest absolute Gasteiger partial charge is 0.481 e. The Labute approximate surface area is 94.1 Å². The Kier molecular flexibility index (Phi) is 4.08. The minimum Gasteiger partial charge on any atom is -0.481 e. The Morgan fingerprint density at radius 3 is 2.35 bits per heavy atom. The van der Waals surface area contributed by atoms with Crippen molar-refractivity contribution >= 4 is 17.6 Å². The second-order valence-electron chi connectivity index (χ2n) is 3.16. The molecule has 1 amide bonds. The van der Waals surface area contributed by atoms with Crippen molar-refractivity contribution in [3.05, 3.63) is 29.6 Å². The quantitative estimate of drug-likeness (QED) is 0.798. The van der Waals surface area contributed by atoms with E-state index in [4.69, 9.17) is 5.11 Å². The zero-order valence-electron chi connectivity index (χ0n) is 8.47. The fourth-order valence-electron chi connectivity index (χ4n) is 1.06. The zero-order chi connectivity index (χ0) is 13.0. The Balaban J connectivity index is 2.72. The van der Waals surface area contributed by atoms with Gasteiger partial charge in [0.05, 0.1) is 12.1 Å². The molecule has 0 heterocycles. The van der Waals surface area contributed by atoms with Crippen LogP contribution >= 0.6 is 0 Å². The molecule has 0 bridgehead atoms. The number of carbonyl (C=O) groups is 2. The first-order valence-corrected chi connectivity index (χ1v) is 4.57. The van der Waals surface area contributed by atoms with Crippen LogP contribution in [0.15, 0.2) is 12.1 Å². The lowest BCUT2D eigenvalue weighted by Crippen LogP contribution is -2.14. The predicted molar refractivity (Wildman–Crippen MR) is 51.8 cm³/mol. The number of halogens is 3. The van der Waals surface area contributed by atoms with E-state index in [2.05, 4.69) is 0 Å². The van der Waals surface area contributed by atoms with E-state index >= 15 is 0 Å². The first-order valence-electron chi connectivity index (χ1n) is 4.57. The second-order valence-corrected chi connectivity index (χ2v) is 3.16. The topological polar surface area (TPSA) is 66.4 Å². The van der Waals surface area contributed by atoms with Gasteiger partial charge >= 0.3 is 5.97 Å². The van der Waals surface area contributed by atoms with Crippen molar-refractivity contribution in [3.8, 4) is 0 Å². The molecule has 0 saturated carbocycles. The van der Waals surface area contributed by atoms with Crippen LogP contribution in [0.3, 0.4) is 0 Å². The molecule has 4 nitrogen and oxygen atoms in total. The first kappa shape index (κ1) is 13.0. The molecule has 17 heavy (non-hydrogen) atoms. The maximum Gasteiger partial charge on any atom is 0.303 e. The van der Waals surface area contributed by atoms with Crippen LogP contribution in [0.5, 0.6) is 0 Å². The summed E-state index contributed by atoms with van der Waals surface area (Å²) in [5.41, 5.74) is -0.528. The number of carbonyl (C=O) groups excluding carboxylic acids is 1. The van der Waals surface area contributed by atoms with Crippen LogP contribution in [0.2, 0.25) is 0 Å². The molecule has 7 heteroatoms. The van der Waals surface area contributed by atoms with Crippen molar-refractivity contribution in [3.63, 3.8) is 0 Å². The van der Waals surface area contributed by atoms with Gasteiger partial charge in [-0.15, -0.1) is 0 Å². The zero-order valence-corrected chi connectivity index (χ0v) is 8.47. The average Bonchev–Trinajstić information content (AvgIpc) is 2.27. The summed E-state index contributed by atoms with van der Waals surface area (Å²) in [6, 6.07) is 1.51. The molecule has 1 aromatic rings. The van der Waals surface area contributed by atoms with Crippen LogP contribution in [0, 0.1) is 17.5 Å². The fourth-order valence-corrected chi connectivity index (χ4v) is 1.06. The highest BCUT2D eigenvalue weighted by molar-refractivity contribution is 5.92. The number of nitrogens with one attached hydrogen (secondary N) is 1. The third kappa shape index (κ3) is 3.47. The normalized spacial score (nSPS) is 10.1. The molecule has 0 unspecified atom stereocenters. The number of carboxylic acids is 1. The van der Waals surface area contributed by atoms with E-state index in [1.807, 2.05) is 5.32 Å². The minimum absolute atomic E-state index is 0.381. The van der Waals surface area contributed by atoms with Gasteiger partial charge in [-0.1, -0.05) is 0 Å². The number of amides is 1. The smallest absolute Gasteiger partial charge is 0.303 e. The summed E-state index contributed by atoms with van der Waals surface area (Å²) in [5, 5.41) is 10.2. The van der Waals surface area contributed by atoms with Gasteiger partial charge in [0.25, 0.3) is 0 Å². The van der Waals surface area contributed by atoms with Gasteiger partial charge in [0, 0.05) is 6.42 Å². The van der Waals surface area contributed by atoms with Gasteiger partial charge in [0.2, 0.25) is 5.91 Å². The molecule has 0 spiro atoms. The molecule has 0 aliphatic rings. The monoisotopic (exact) mass is 247 g/mol. The van der Waals surface area contributed by atoms with Crippen molar-refractivity contribution in [2.45, 2.75) is 12.8 Å². The van der Waals surface area contributed by atoms with Crippen LogP contribution in [-0.4, -0.2) is 17.0 Å². The lowest BCUT2D eigenvalue weighted by atomic mass is 10.2. The van der Waals surface area contributed by atoms with Crippen LogP contribution < -0.4 is 5.32 Å². The lowest BCUT2D eigenvalue weighted by molar-refractivity contribution is -0.138. The van der Waals surface area contributed by atoms with E-state index in [-0.39, 0.29) is 6.42 Å². The lowest BCUT2D eigenvalue weighted by Gasteiger charge is -2.06. The minimum atomic E-state index is -1.69. The molecule has 0 atom stereocenters. The molecule has 1 rings (SSSR count). The number of carboxylic acid groups (broad SMARTS) is 1. The van der Waals surface area contributed by atoms with Crippen LogP contribution in [-0.2, 0) is 9.59 Å². The number of anilines is 1. The molecule has 92 valence electrons. The third-order valence-corrected chi connectivity index (χ3v) is 1.88. The third-order valence-electron chi connectivity index (χ3n) is 1.88. The van der Waals surface area contributed by atoms with E-state index in [9.17, 15) is 22.8 Å². The highest BCUT2D eigenvalue weighted by atomic mass is 19.2. The summed E-state index contributed by atoms with van der Waals surface area (Å²) in [5.74, 6) is -6.57. The molecule has 0 fully saturated rings. The Hall–Kier alpha value is -2.05. The summed E-state index contributed by atoms with van der Waals surface area (Å²) < 4.78 is 38.4. The first-order chi connectivity index (χ1) is 7.91.